The molecule has 1 unspecified atom stereocenters. The van der Waals surface area contributed by atoms with Crippen molar-refractivity contribution in [2.75, 3.05) is 6.61 Å². The van der Waals surface area contributed by atoms with Crippen LogP contribution in [0.2, 0.25) is 0 Å². The summed E-state index contributed by atoms with van der Waals surface area (Å²) in [4.78, 5) is 9.25. The van der Waals surface area contributed by atoms with Gasteiger partial charge < -0.3 is 20.4 Å². The van der Waals surface area contributed by atoms with Gasteiger partial charge in [0.05, 0.1) is 16.4 Å². The van der Waals surface area contributed by atoms with E-state index in [0.717, 1.165) is 24.3 Å². The zero-order valence-electron chi connectivity index (χ0n) is 10.0. The number of hydrogen-bond donors (Lipinski definition) is 4. The fraction of sp³-hybridized carbons (Fsp3) is 0.400. The molecule has 0 aromatic heterocycles. The Morgan fingerprint density at radius 3 is 2.05 bits per heavy atom. The number of aliphatic hydroxyl groups is 4. The highest BCUT2D eigenvalue weighted by Crippen LogP contribution is 2.21. The number of nitro groups is 1. The van der Waals surface area contributed by atoms with Gasteiger partial charge in [-0.3, -0.25) is 10.1 Å². The Bertz CT molecular complexity index is 569. The molecule has 3 atom stereocenters. The fourth-order valence-corrected chi connectivity index (χ4v) is 2.72. The van der Waals surface area contributed by atoms with Crippen LogP contribution in [0.25, 0.3) is 0 Å². The van der Waals surface area contributed by atoms with E-state index in [1.165, 1.54) is 0 Å². The summed E-state index contributed by atoms with van der Waals surface area (Å²) in [6.45, 7) is -0.936. The van der Waals surface area contributed by atoms with Crippen molar-refractivity contribution in [2.45, 2.75) is 22.5 Å². The Kier molecular flexibility index (Phi) is 5.14. The SMILES string of the molecule is O=[N+]([O-])c1ccc(S(=O)(=O)C(O)[C@H](O)[C@H](O)CO)cc1. The van der Waals surface area contributed by atoms with E-state index in [-0.39, 0.29) is 5.69 Å². The molecule has 0 fully saturated rings. The Balaban J connectivity index is 3.07. The molecule has 10 heteroatoms. The molecule has 0 spiro atoms. The van der Waals surface area contributed by atoms with Crippen LogP contribution in [0.4, 0.5) is 5.69 Å². The van der Waals surface area contributed by atoms with Gasteiger partial charge in [0.25, 0.3) is 5.69 Å². The molecule has 9 nitrogen and oxygen atoms in total. The van der Waals surface area contributed by atoms with E-state index in [1.807, 2.05) is 0 Å². The highest BCUT2D eigenvalue weighted by molar-refractivity contribution is 7.92. The monoisotopic (exact) mass is 307 g/mol. The van der Waals surface area contributed by atoms with Crippen molar-refractivity contribution in [3.05, 3.63) is 34.4 Å². The highest BCUT2D eigenvalue weighted by atomic mass is 32.2. The predicted molar refractivity (Wildman–Crippen MR) is 65.4 cm³/mol. The molecular formula is C10H13NO8S. The Labute approximate surface area is 113 Å². The quantitative estimate of drug-likeness (QED) is 0.361. The van der Waals surface area contributed by atoms with Gasteiger partial charge >= 0.3 is 0 Å². The van der Waals surface area contributed by atoms with Crippen molar-refractivity contribution in [3.63, 3.8) is 0 Å². The van der Waals surface area contributed by atoms with Crippen LogP contribution >= 0.6 is 0 Å². The van der Waals surface area contributed by atoms with Crippen LogP contribution in [0.3, 0.4) is 0 Å². The third-order valence-electron chi connectivity index (χ3n) is 2.57. The molecule has 0 amide bonds. The molecule has 0 saturated heterocycles. The van der Waals surface area contributed by atoms with Gasteiger partial charge in [-0.1, -0.05) is 0 Å². The van der Waals surface area contributed by atoms with E-state index >= 15 is 0 Å². The molecule has 0 radical (unpaired) electrons. The van der Waals surface area contributed by atoms with Crippen molar-refractivity contribution in [1.82, 2.24) is 0 Å². The number of aliphatic hydroxyl groups excluding tert-OH is 4. The summed E-state index contributed by atoms with van der Waals surface area (Å²) in [6, 6.07) is 3.65. The van der Waals surface area contributed by atoms with Crippen LogP contribution in [0, 0.1) is 10.1 Å². The molecule has 0 aliphatic rings. The minimum atomic E-state index is -4.42. The zero-order valence-corrected chi connectivity index (χ0v) is 10.8. The third kappa shape index (κ3) is 3.29. The van der Waals surface area contributed by atoms with E-state index in [0.29, 0.717) is 0 Å². The molecule has 112 valence electrons. The van der Waals surface area contributed by atoms with Gasteiger partial charge in [-0.05, 0) is 12.1 Å². The van der Waals surface area contributed by atoms with Gasteiger partial charge in [0.15, 0.2) is 5.44 Å². The van der Waals surface area contributed by atoms with Crippen LogP contribution in [0.15, 0.2) is 29.2 Å². The fourth-order valence-electron chi connectivity index (χ4n) is 1.38. The number of rotatable bonds is 6. The van der Waals surface area contributed by atoms with Crippen LogP contribution in [-0.2, 0) is 9.84 Å². The van der Waals surface area contributed by atoms with E-state index < -0.39 is 43.9 Å². The normalized spacial score (nSPS) is 16.4. The van der Waals surface area contributed by atoms with Gasteiger partial charge in [-0.2, -0.15) is 0 Å². The van der Waals surface area contributed by atoms with Crippen molar-refractivity contribution in [3.8, 4) is 0 Å². The molecular weight excluding hydrogens is 294 g/mol. The Hall–Kier alpha value is -1.59. The lowest BCUT2D eigenvalue weighted by molar-refractivity contribution is -0.384. The molecule has 0 bridgehead atoms. The first-order valence-electron chi connectivity index (χ1n) is 5.35. The maximum atomic E-state index is 11.9. The lowest BCUT2D eigenvalue weighted by atomic mass is 10.2. The summed E-state index contributed by atoms with van der Waals surface area (Å²) in [5, 5.41) is 47.1. The molecule has 1 aromatic carbocycles. The standard InChI is InChI=1S/C10H13NO8S/c12-5-8(13)9(14)10(15)20(18,19)7-3-1-6(2-4-7)11(16)17/h1-4,8-10,12-15H,5H2/t8-,9-,10?/m1/s1. The molecule has 0 aliphatic carbocycles. The second-order valence-corrected chi connectivity index (χ2v) is 5.97. The predicted octanol–water partition coefficient (Wildman–Crippen LogP) is -1.60. The first-order chi connectivity index (χ1) is 9.21. The van der Waals surface area contributed by atoms with Gasteiger partial charge in [0.1, 0.15) is 12.2 Å². The zero-order chi connectivity index (χ0) is 15.5. The van der Waals surface area contributed by atoms with Crippen molar-refractivity contribution < 1.29 is 33.8 Å². The summed E-state index contributed by atoms with van der Waals surface area (Å²) in [5.41, 5.74) is -2.71. The van der Waals surface area contributed by atoms with Crippen LogP contribution in [-0.4, -0.2) is 58.0 Å². The number of nitro benzene ring substituents is 1. The van der Waals surface area contributed by atoms with Crippen LogP contribution < -0.4 is 0 Å². The molecule has 0 aliphatic heterocycles. The van der Waals surface area contributed by atoms with Gasteiger partial charge in [-0.25, -0.2) is 8.42 Å². The van der Waals surface area contributed by atoms with E-state index in [9.17, 15) is 28.7 Å². The van der Waals surface area contributed by atoms with Gasteiger partial charge in [0.2, 0.25) is 9.84 Å². The van der Waals surface area contributed by atoms with Gasteiger partial charge in [-0.15, -0.1) is 0 Å². The Morgan fingerprint density at radius 1 is 1.15 bits per heavy atom. The number of sulfone groups is 1. The summed E-state index contributed by atoms with van der Waals surface area (Å²) >= 11 is 0. The Morgan fingerprint density at radius 2 is 1.65 bits per heavy atom. The van der Waals surface area contributed by atoms with E-state index in [1.54, 1.807) is 0 Å². The molecule has 0 saturated carbocycles. The summed E-state index contributed by atoms with van der Waals surface area (Å²) in [7, 11) is -4.42. The molecule has 1 aromatic rings. The number of nitrogens with zero attached hydrogens (tertiary/aromatic N) is 1. The lowest BCUT2D eigenvalue weighted by Gasteiger charge is -2.21. The second-order valence-electron chi connectivity index (χ2n) is 3.93. The second kappa shape index (κ2) is 6.24. The summed E-state index contributed by atoms with van der Waals surface area (Å²) in [6.07, 6.45) is -3.95. The van der Waals surface area contributed by atoms with Crippen molar-refractivity contribution in [1.29, 1.82) is 0 Å². The average molecular weight is 307 g/mol. The first-order valence-corrected chi connectivity index (χ1v) is 6.90. The van der Waals surface area contributed by atoms with Crippen molar-refractivity contribution >= 4 is 15.5 Å². The summed E-state index contributed by atoms with van der Waals surface area (Å²) < 4.78 is 23.8. The molecule has 20 heavy (non-hydrogen) atoms. The maximum Gasteiger partial charge on any atom is 0.269 e. The average Bonchev–Trinajstić information content (AvgIpc) is 2.44. The maximum absolute atomic E-state index is 11.9. The topological polar surface area (TPSA) is 158 Å². The van der Waals surface area contributed by atoms with Gasteiger partial charge in [0, 0.05) is 12.1 Å². The lowest BCUT2D eigenvalue weighted by Crippen LogP contribution is -2.43. The smallest absolute Gasteiger partial charge is 0.269 e. The van der Waals surface area contributed by atoms with Crippen LogP contribution in [0.5, 0.6) is 0 Å². The molecule has 4 N–H and O–H groups in total. The van der Waals surface area contributed by atoms with E-state index in [2.05, 4.69) is 0 Å². The number of benzene rings is 1. The summed E-state index contributed by atoms with van der Waals surface area (Å²) in [5.74, 6) is 0. The van der Waals surface area contributed by atoms with E-state index in [4.69, 9.17) is 10.2 Å². The van der Waals surface area contributed by atoms with Crippen LogP contribution in [0.1, 0.15) is 0 Å². The first kappa shape index (κ1) is 16.5. The molecule has 1 rings (SSSR count). The third-order valence-corrected chi connectivity index (χ3v) is 4.41. The number of non-ortho nitro benzene ring substituents is 1. The largest absolute Gasteiger partial charge is 0.394 e. The number of hydrogen-bond acceptors (Lipinski definition) is 8. The minimum Gasteiger partial charge on any atom is -0.394 e. The highest BCUT2D eigenvalue weighted by Gasteiger charge is 2.35. The minimum absolute atomic E-state index is 0.339. The van der Waals surface area contributed by atoms with Crippen molar-refractivity contribution in [2.24, 2.45) is 0 Å². The molecule has 0 heterocycles.